The van der Waals surface area contributed by atoms with E-state index in [0.717, 1.165) is 12.3 Å². The van der Waals surface area contributed by atoms with Crippen molar-refractivity contribution < 1.29 is 14.7 Å². The summed E-state index contributed by atoms with van der Waals surface area (Å²) in [5, 5.41) is 9.01. The molecular weight excluding hydrogens is 218 g/mol. The summed E-state index contributed by atoms with van der Waals surface area (Å²) in [6.45, 7) is 2.93. The van der Waals surface area contributed by atoms with E-state index < -0.39 is 5.97 Å². The Morgan fingerprint density at radius 3 is 2.47 bits per heavy atom. The lowest BCUT2D eigenvalue weighted by Crippen LogP contribution is -2.30. The predicted octanol–water partition coefficient (Wildman–Crippen LogP) is 1.75. The van der Waals surface area contributed by atoms with Gasteiger partial charge in [0.15, 0.2) is 0 Å². The molecule has 0 aromatic carbocycles. The van der Waals surface area contributed by atoms with Crippen LogP contribution in [0.25, 0.3) is 0 Å². The maximum Gasteiger partial charge on any atom is 0.308 e. The molecule has 0 radical (unpaired) electrons. The first-order valence-corrected chi connectivity index (χ1v) is 6.58. The zero-order valence-corrected chi connectivity index (χ0v) is 10.4. The van der Waals surface area contributed by atoms with Crippen LogP contribution in [-0.4, -0.2) is 35.0 Å². The minimum atomic E-state index is -0.771. The third kappa shape index (κ3) is 2.79. The van der Waals surface area contributed by atoms with Crippen molar-refractivity contribution >= 4 is 11.9 Å². The van der Waals surface area contributed by atoms with E-state index in [1.54, 1.807) is 4.90 Å². The van der Waals surface area contributed by atoms with Crippen LogP contribution in [-0.2, 0) is 9.59 Å². The van der Waals surface area contributed by atoms with Crippen molar-refractivity contribution in [2.24, 2.45) is 17.8 Å². The highest BCUT2D eigenvalue weighted by Crippen LogP contribution is 2.31. The van der Waals surface area contributed by atoms with Gasteiger partial charge in [-0.15, -0.1) is 0 Å². The first kappa shape index (κ1) is 12.4. The molecular formula is C13H21NO3. The summed E-state index contributed by atoms with van der Waals surface area (Å²) < 4.78 is 0. The first-order chi connectivity index (χ1) is 8.08. The fourth-order valence-corrected chi connectivity index (χ4v) is 2.76. The molecule has 0 bridgehead atoms. The zero-order chi connectivity index (χ0) is 12.4. The second-order valence-corrected chi connectivity index (χ2v) is 5.56. The van der Waals surface area contributed by atoms with Gasteiger partial charge in [0, 0.05) is 19.5 Å². The van der Waals surface area contributed by atoms with E-state index >= 15 is 0 Å². The lowest BCUT2D eigenvalue weighted by atomic mass is 9.82. The molecule has 1 amide bonds. The van der Waals surface area contributed by atoms with Crippen molar-refractivity contribution in [3.63, 3.8) is 0 Å². The normalized spacial score (nSPS) is 29.1. The molecule has 0 unspecified atom stereocenters. The van der Waals surface area contributed by atoms with E-state index in [1.165, 1.54) is 19.3 Å². The van der Waals surface area contributed by atoms with Gasteiger partial charge in [-0.1, -0.05) is 26.2 Å². The zero-order valence-electron chi connectivity index (χ0n) is 10.4. The van der Waals surface area contributed by atoms with Gasteiger partial charge in [0.05, 0.1) is 5.92 Å². The monoisotopic (exact) mass is 239 g/mol. The van der Waals surface area contributed by atoms with Gasteiger partial charge in [-0.2, -0.15) is 0 Å². The number of carboxylic acids is 1. The summed E-state index contributed by atoms with van der Waals surface area (Å²) in [5.74, 6) is -0.170. The average molecular weight is 239 g/mol. The van der Waals surface area contributed by atoms with Gasteiger partial charge in [-0.3, -0.25) is 9.59 Å². The van der Waals surface area contributed by atoms with Crippen LogP contribution in [0.5, 0.6) is 0 Å². The van der Waals surface area contributed by atoms with Gasteiger partial charge < -0.3 is 10.0 Å². The number of carbonyl (C=O) groups is 2. The molecule has 4 nitrogen and oxygen atoms in total. The molecule has 1 saturated heterocycles. The second-order valence-electron chi connectivity index (χ2n) is 5.56. The molecule has 96 valence electrons. The highest BCUT2D eigenvalue weighted by molar-refractivity contribution is 5.79. The summed E-state index contributed by atoms with van der Waals surface area (Å²) in [6.07, 6.45) is 5.43. The Labute approximate surface area is 102 Å². The van der Waals surface area contributed by atoms with E-state index in [2.05, 4.69) is 0 Å². The molecule has 2 rings (SSSR count). The largest absolute Gasteiger partial charge is 0.481 e. The molecule has 2 fully saturated rings. The van der Waals surface area contributed by atoms with E-state index in [9.17, 15) is 9.59 Å². The van der Waals surface area contributed by atoms with Gasteiger partial charge in [-0.25, -0.2) is 0 Å². The van der Waals surface area contributed by atoms with E-state index in [4.69, 9.17) is 5.11 Å². The summed E-state index contributed by atoms with van der Waals surface area (Å²) in [6, 6.07) is 0. The van der Waals surface area contributed by atoms with Crippen molar-refractivity contribution in [3.8, 4) is 0 Å². The standard InChI is InChI=1S/C13H21NO3/c1-9-7-14(8-11(9)13(16)17)12(15)6-5-10-3-2-4-10/h9-11H,2-8H2,1H3,(H,16,17)/t9-,11-/m1/s1. The Morgan fingerprint density at radius 1 is 1.29 bits per heavy atom. The minimum absolute atomic E-state index is 0.0835. The summed E-state index contributed by atoms with van der Waals surface area (Å²) in [7, 11) is 0. The van der Waals surface area contributed by atoms with Gasteiger partial charge in [0.1, 0.15) is 0 Å². The van der Waals surface area contributed by atoms with Crippen LogP contribution in [0.15, 0.2) is 0 Å². The van der Waals surface area contributed by atoms with Gasteiger partial charge in [-0.05, 0) is 18.3 Å². The predicted molar refractivity (Wildman–Crippen MR) is 63.4 cm³/mol. The van der Waals surface area contributed by atoms with Crippen LogP contribution in [0.3, 0.4) is 0 Å². The highest BCUT2D eigenvalue weighted by Gasteiger charge is 2.36. The highest BCUT2D eigenvalue weighted by atomic mass is 16.4. The molecule has 1 saturated carbocycles. The average Bonchev–Trinajstić information content (AvgIpc) is 2.58. The van der Waals surface area contributed by atoms with E-state index in [-0.39, 0.29) is 17.7 Å². The number of carbonyl (C=O) groups excluding carboxylic acids is 1. The van der Waals surface area contributed by atoms with E-state index in [0.29, 0.717) is 19.5 Å². The molecule has 1 aliphatic carbocycles. The molecule has 2 atom stereocenters. The smallest absolute Gasteiger partial charge is 0.308 e. The number of rotatable bonds is 4. The number of hydrogen-bond donors (Lipinski definition) is 1. The number of hydrogen-bond acceptors (Lipinski definition) is 2. The van der Waals surface area contributed by atoms with E-state index in [1.807, 2.05) is 6.92 Å². The van der Waals surface area contributed by atoms with Crippen LogP contribution in [0.4, 0.5) is 0 Å². The molecule has 0 spiro atoms. The molecule has 1 aliphatic heterocycles. The number of aliphatic carboxylic acids is 1. The topological polar surface area (TPSA) is 57.6 Å². The molecule has 1 heterocycles. The summed E-state index contributed by atoms with van der Waals surface area (Å²) >= 11 is 0. The van der Waals surface area contributed by atoms with Crippen molar-refractivity contribution in [1.29, 1.82) is 0 Å². The Balaban J connectivity index is 1.78. The summed E-state index contributed by atoms with van der Waals surface area (Å²) in [4.78, 5) is 24.6. The van der Waals surface area contributed by atoms with Crippen molar-refractivity contribution in [1.82, 2.24) is 4.90 Å². The van der Waals surface area contributed by atoms with Crippen LogP contribution < -0.4 is 0 Å². The molecule has 4 heteroatoms. The van der Waals surface area contributed by atoms with Gasteiger partial charge in [0.25, 0.3) is 0 Å². The molecule has 0 aromatic heterocycles. The Bertz CT molecular complexity index is 312. The first-order valence-electron chi connectivity index (χ1n) is 6.58. The van der Waals surface area contributed by atoms with Crippen molar-refractivity contribution in [2.75, 3.05) is 13.1 Å². The number of likely N-dealkylation sites (tertiary alicyclic amines) is 1. The van der Waals surface area contributed by atoms with Crippen LogP contribution in [0.1, 0.15) is 39.0 Å². The lowest BCUT2D eigenvalue weighted by molar-refractivity contribution is -0.142. The Morgan fingerprint density at radius 2 is 2.00 bits per heavy atom. The van der Waals surface area contributed by atoms with Gasteiger partial charge >= 0.3 is 5.97 Å². The fraction of sp³-hybridized carbons (Fsp3) is 0.846. The summed E-state index contributed by atoms with van der Waals surface area (Å²) in [5.41, 5.74) is 0. The quantitative estimate of drug-likeness (QED) is 0.813. The Kier molecular flexibility index (Phi) is 3.69. The molecule has 0 aromatic rings. The molecule has 1 N–H and O–H groups in total. The minimum Gasteiger partial charge on any atom is -0.481 e. The third-order valence-corrected chi connectivity index (χ3v) is 4.27. The maximum absolute atomic E-state index is 11.9. The van der Waals surface area contributed by atoms with Crippen molar-refractivity contribution in [3.05, 3.63) is 0 Å². The van der Waals surface area contributed by atoms with Crippen LogP contribution in [0, 0.1) is 17.8 Å². The van der Waals surface area contributed by atoms with Crippen molar-refractivity contribution in [2.45, 2.75) is 39.0 Å². The second kappa shape index (κ2) is 5.07. The molecule has 17 heavy (non-hydrogen) atoms. The maximum atomic E-state index is 11.9. The Hall–Kier alpha value is -1.06. The van der Waals surface area contributed by atoms with Crippen LogP contribution in [0.2, 0.25) is 0 Å². The van der Waals surface area contributed by atoms with Gasteiger partial charge in [0.2, 0.25) is 5.91 Å². The fourth-order valence-electron chi connectivity index (χ4n) is 2.76. The number of carboxylic acid groups (broad SMARTS) is 1. The number of amides is 1. The SMILES string of the molecule is C[C@@H]1CN(C(=O)CCC2CCC2)C[C@H]1C(=O)O. The number of nitrogens with zero attached hydrogens (tertiary/aromatic N) is 1. The molecule has 2 aliphatic rings. The lowest BCUT2D eigenvalue weighted by Gasteiger charge is -2.26. The third-order valence-electron chi connectivity index (χ3n) is 4.27. The van der Waals surface area contributed by atoms with Crippen LogP contribution >= 0.6 is 0 Å².